The Labute approximate surface area is 164 Å². The maximum atomic E-state index is 4.97. The van der Waals surface area contributed by atoms with Gasteiger partial charge in [-0.25, -0.2) is 9.97 Å². The molecule has 2 aromatic heterocycles. The van der Waals surface area contributed by atoms with Crippen molar-refractivity contribution >= 4 is 16.7 Å². The number of fused-ring (bicyclic) bond motifs is 2. The summed E-state index contributed by atoms with van der Waals surface area (Å²) in [5.41, 5.74) is 6.14. The van der Waals surface area contributed by atoms with Crippen LogP contribution in [-0.2, 0) is 12.8 Å². The number of aromatic nitrogens is 3. The van der Waals surface area contributed by atoms with E-state index in [2.05, 4.69) is 60.3 Å². The molecule has 0 aliphatic heterocycles. The fourth-order valence-electron chi connectivity index (χ4n) is 4.12. The second-order valence-corrected chi connectivity index (χ2v) is 7.57. The Balaban J connectivity index is 1.58. The highest BCUT2D eigenvalue weighted by molar-refractivity contribution is 5.91. The summed E-state index contributed by atoms with van der Waals surface area (Å²) < 4.78 is 0. The molecule has 0 saturated carbocycles. The average molecular weight is 366 g/mol. The first-order valence-corrected chi connectivity index (χ1v) is 9.67. The minimum atomic E-state index is 0.400. The zero-order valence-electron chi connectivity index (χ0n) is 16.1. The molecule has 0 radical (unpaired) electrons. The molecule has 2 aromatic carbocycles. The van der Waals surface area contributed by atoms with Crippen molar-refractivity contribution in [3.63, 3.8) is 0 Å². The Hall–Kier alpha value is -3.27. The molecule has 1 aliphatic rings. The summed E-state index contributed by atoms with van der Waals surface area (Å²) in [4.78, 5) is 16.3. The normalized spacial score (nSPS) is 15.6. The Bertz CT molecular complexity index is 1150. The van der Waals surface area contributed by atoms with Crippen LogP contribution in [-0.4, -0.2) is 28.0 Å². The van der Waals surface area contributed by atoms with E-state index in [1.165, 1.54) is 16.7 Å². The van der Waals surface area contributed by atoms with E-state index in [-0.39, 0.29) is 0 Å². The second kappa shape index (κ2) is 6.71. The van der Waals surface area contributed by atoms with Gasteiger partial charge in [-0.3, -0.25) is 4.98 Å². The third-order valence-corrected chi connectivity index (χ3v) is 5.66. The van der Waals surface area contributed by atoms with Crippen LogP contribution in [0.1, 0.15) is 16.7 Å². The predicted molar refractivity (Wildman–Crippen MR) is 114 cm³/mol. The summed E-state index contributed by atoms with van der Waals surface area (Å²) in [6.07, 6.45) is 5.69. The average Bonchev–Trinajstić information content (AvgIpc) is 3.16. The lowest BCUT2D eigenvalue weighted by Crippen LogP contribution is -2.33. The quantitative estimate of drug-likeness (QED) is 0.531. The van der Waals surface area contributed by atoms with E-state index in [1.54, 1.807) is 6.20 Å². The summed E-state index contributed by atoms with van der Waals surface area (Å²) in [5, 5.41) is 1.09. The highest BCUT2D eigenvalue weighted by Gasteiger charge is 2.27. The molecule has 4 heteroatoms. The molecule has 2 heterocycles. The molecule has 0 saturated heterocycles. The summed E-state index contributed by atoms with van der Waals surface area (Å²) in [7, 11) is 2.16. The van der Waals surface area contributed by atoms with Crippen LogP contribution in [0.25, 0.3) is 22.3 Å². The number of anilines is 1. The third kappa shape index (κ3) is 2.91. The van der Waals surface area contributed by atoms with Crippen LogP contribution in [0, 0.1) is 6.92 Å². The van der Waals surface area contributed by atoms with E-state index < -0.39 is 0 Å². The van der Waals surface area contributed by atoms with Crippen LogP contribution in [0.5, 0.6) is 0 Å². The van der Waals surface area contributed by atoms with Gasteiger partial charge in [0.15, 0.2) is 5.82 Å². The number of hydrogen-bond donors (Lipinski definition) is 0. The largest absolute Gasteiger partial charge is 0.355 e. The van der Waals surface area contributed by atoms with Gasteiger partial charge in [-0.2, -0.15) is 0 Å². The van der Waals surface area contributed by atoms with Gasteiger partial charge in [0.05, 0.1) is 5.52 Å². The Morgan fingerprint density at radius 2 is 1.79 bits per heavy atom. The molecular weight excluding hydrogens is 344 g/mol. The molecular formula is C24H22N4. The van der Waals surface area contributed by atoms with Gasteiger partial charge in [0, 0.05) is 36.4 Å². The van der Waals surface area contributed by atoms with Crippen LogP contribution in [0.2, 0.25) is 0 Å². The SMILES string of the molecule is Cc1ccc2c(c1)CC(N(C)c1nc(-c3cccnc3)nc3ccccc13)C2. The number of rotatable bonds is 3. The third-order valence-electron chi connectivity index (χ3n) is 5.66. The molecule has 0 bridgehead atoms. The molecule has 4 aromatic rings. The smallest absolute Gasteiger partial charge is 0.163 e. The molecule has 0 fully saturated rings. The maximum Gasteiger partial charge on any atom is 0.163 e. The minimum Gasteiger partial charge on any atom is -0.355 e. The Morgan fingerprint density at radius 1 is 0.929 bits per heavy atom. The Morgan fingerprint density at radius 3 is 2.64 bits per heavy atom. The topological polar surface area (TPSA) is 41.9 Å². The molecule has 0 N–H and O–H groups in total. The first kappa shape index (κ1) is 16.9. The number of likely N-dealkylation sites (N-methyl/N-ethyl adjacent to an activating group) is 1. The van der Waals surface area contributed by atoms with E-state index in [1.807, 2.05) is 24.4 Å². The van der Waals surface area contributed by atoms with Gasteiger partial charge in [-0.1, -0.05) is 35.9 Å². The fourth-order valence-corrected chi connectivity index (χ4v) is 4.12. The van der Waals surface area contributed by atoms with Crippen molar-refractivity contribution in [2.45, 2.75) is 25.8 Å². The van der Waals surface area contributed by atoms with Crippen LogP contribution in [0.3, 0.4) is 0 Å². The van der Waals surface area contributed by atoms with E-state index in [4.69, 9.17) is 9.97 Å². The van der Waals surface area contributed by atoms with E-state index in [9.17, 15) is 0 Å². The molecule has 28 heavy (non-hydrogen) atoms. The van der Waals surface area contributed by atoms with Crippen molar-refractivity contribution in [1.82, 2.24) is 15.0 Å². The van der Waals surface area contributed by atoms with Gasteiger partial charge in [0.1, 0.15) is 5.82 Å². The van der Waals surface area contributed by atoms with Gasteiger partial charge >= 0.3 is 0 Å². The predicted octanol–water partition coefficient (Wildman–Crippen LogP) is 4.60. The van der Waals surface area contributed by atoms with Gasteiger partial charge in [-0.15, -0.1) is 0 Å². The lowest BCUT2D eigenvalue weighted by Gasteiger charge is -2.27. The summed E-state index contributed by atoms with van der Waals surface area (Å²) in [5.74, 6) is 1.71. The van der Waals surface area contributed by atoms with Crippen molar-refractivity contribution in [3.05, 3.63) is 83.7 Å². The van der Waals surface area contributed by atoms with Crippen molar-refractivity contribution in [2.75, 3.05) is 11.9 Å². The van der Waals surface area contributed by atoms with Gasteiger partial charge < -0.3 is 4.90 Å². The van der Waals surface area contributed by atoms with E-state index in [0.29, 0.717) is 6.04 Å². The fraction of sp³-hybridized carbons (Fsp3) is 0.208. The van der Waals surface area contributed by atoms with Gasteiger partial charge in [-0.05, 0) is 55.2 Å². The highest BCUT2D eigenvalue weighted by atomic mass is 15.2. The van der Waals surface area contributed by atoms with Crippen molar-refractivity contribution in [2.24, 2.45) is 0 Å². The lowest BCUT2D eigenvalue weighted by atomic mass is 10.1. The number of nitrogens with zero attached hydrogens (tertiary/aromatic N) is 4. The van der Waals surface area contributed by atoms with Gasteiger partial charge in [0.25, 0.3) is 0 Å². The molecule has 0 amide bonds. The summed E-state index contributed by atoms with van der Waals surface area (Å²) in [6, 6.07) is 19.4. The molecule has 1 aliphatic carbocycles. The zero-order chi connectivity index (χ0) is 19.1. The molecule has 1 atom stereocenters. The molecule has 0 spiro atoms. The number of para-hydroxylation sites is 1. The van der Waals surface area contributed by atoms with Crippen molar-refractivity contribution < 1.29 is 0 Å². The maximum absolute atomic E-state index is 4.97. The molecule has 1 unspecified atom stereocenters. The monoisotopic (exact) mass is 366 g/mol. The summed E-state index contributed by atoms with van der Waals surface area (Å²) >= 11 is 0. The molecule has 5 rings (SSSR count). The van der Waals surface area contributed by atoms with Crippen LogP contribution >= 0.6 is 0 Å². The first-order chi connectivity index (χ1) is 13.7. The number of aryl methyl sites for hydroxylation is 1. The van der Waals surface area contributed by atoms with Crippen molar-refractivity contribution in [3.8, 4) is 11.4 Å². The number of pyridine rings is 1. The highest BCUT2D eigenvalue weighted by Crippen LogP contribution is 2.32. The van der Waals surface area contributed by atoms with Crippen LogP contribution in [0.4, 0.5) is 5.82 Å². The van der Waals surface area contributed by atoms with E-state index in [0.717, 1.165) is 41.0 Å². The van der Waals surface area contributed by atoms with Gasteiger partial charge in [0.2, 0.25) is 0 Å². The minimum absolute atomic E-state index is 0.400. The number of hydrogen-bond acceptors (Lipinski definition) is 4. The summed E-state index contributed by atoms with van der Waals surface area (Å²) in [6.45, 7) is 2.16. The first-order valence-electron chi connectivity index (χ1n) is 9.67. The Kier molecular flexibility index (Phi) is 4.05. The number of benzene rings is 2. The van der Waals surface area contributed by atoms with Crippen LogP contribution in [0.15, 0.2) is 67.0 Å². The van der Waals surface area contributed by atoms with E-state index >= 15 is 0 Å². The lowest BCUT2D eigenvalue weighted by molar-refractivity contribution is 0.661. The van der Waals surface area contributed by atoms with Crippen molar-refractivity contribution in [1.29, 1.82) is 0 Å². The standard InChI is InChI=1S/C24H22N4/c1-16-9-10-17-13-20(14-19(17)12-16)28(2)24-21-7-3-4-8-22(21)26-23(27-24)18-6-5-11-25-15-18/h3-12,15,20H,13-14H2,1-2H3. The molecule has 4 nitrogen and oxygen atoms in total. The second-order valence-electron chi connectivity index (χ2n) is 7.57. The zero-order valence-corrected chi connectivity index (χ0v) is 16.1. The molecule has 138 valence electrons. The van der Waals surface area contributed by atoms with Crippen LogP contribution < -0.4 is 4.90 Å².